The second kappa shape index (κ2) is 5.48. The van der Waals surface area contributed by atoms with Crippen molar-refractivity contribution >= 4 is 17.6 Å². The van der Waals surface area contributed by atoms with Crippen LogP contribution in [0.5, 0.6) is 0 Å². The summed E-state index contributed by atoms with van der Waals surface area (Å²) in [5, 5.41) is 14.4. The van der Waals surface area contributed by atoms with Gasteiger partial charge in [-0.25, -0.2) is 9.78 Å². The molecule has 0 aliphatic rings. The van der Waals surface area contributed by atoms with Gasteiger partial charge in [0.2, 0.25) is 5.91 Å². The van der Waals surface area contributed by atoms with Gasteiger partial charge in [0.25, 0.3) is 0 Å². The standard InChI is InChI=1S/C12H17N3O3/c1-12(2,3)15-10(16)7-14-8-4-5-13-9(6-8)11(17)18/h4-6H,7H2,1-3H3,(H,13,14)(H,15,16)(H,17,18). The lowest BCUT2D eigenvalue weighted by molar-refractivity contribution is -0.120. The number of carboxylic acid groups (broad SMARTS) is 1. The smallest absolute Gasteiger partial charge is 0.354 e. The van der Waals surface area contributed by atoms with E-state index in [2.05, 4.69) is 15.6 Å². The second-order valence-corrected chi connectivity index (χ2v) is 4.89. The summed E-state index contributed by atoms with van der Waals surface area (Å²) in [5.74, 6) is -1.26. The number of nitrogens with zero attached hydrogens (tertiary/aromatic N) is 1. The van der Waals surface area contributed by atoms with Gasteiger partial charge < -0.3 is 15.7 Å². The van der Waals surface area contributed by atoms with Gasteiger partial charge in [0.15, 0.2) is 0 Å². The number of anilines is 1. The van der Waals surface area contributed by atoms with Crippen LogP contribution >= 0.6 is 0 Å². The number of aromatic carboxylic acids is 1. The van der Waals surface area contributed by atoms with Crippen molar-refractivity contribution in [3.8, 4) is 0 Å². The molecule has 0 aliphatic heterocycles. The molecule has 1 amide bonds. The highest BCUT2D eigenvalue weighted by Gasteiger charge is 2.13. The molecule has 0 saturated carbocycles. The number of nitrogens with one attached hydrogen (secondary N) is 2. The van der Waals surface area contributed by atoms with Gasteiger partial charge in [-0.2, -0.15) is 0 Å². The van der Waals surface area contributed by atoms with Crippen molar-refractivity contribution in [3.63, 3.8) is 0 Å². The Morgan fingerprint density at radius 1 is 1.39 bits per heavy atom. The van der Waals surface area contributed by atoms with E-state index in [0.29, 0.717) is 5.69 Å². The van der Waals surface area contributed by atoms with Crippen molar-refractivity contribution in [3.05, 3.63) is 24.0 Å². The lowest BCUT2D eigenvalue weighted by atomic mass is 10.1. The van der Waals surface area contributed by atoms with Crippen LogP contribution in [0.1, 0.15) is 31.3 Å². The van der Waals surface area contributed by atoms with Crippen LogP contribution in [-0.4, -0.2) is 34.1 Å². The molecule has 6 nitrogen and oxygen atoms in total. The van der Waals surface area contributed by atoms with Gasteiger partial charge in [-0.1, -0.05) is 0 Å². The van der Waals surface area contributed by atoms with Crippen LogP contribution in [0.2, 0.25) is 0 Å². The summed E-state index contributed by atoms with van der Waals surface area (Å²) in [6, 6.07) is 2.99. The number of amides is 1. The number of carbonyl (C=O) groups is 2. The number of rotatable bonds is 4. The van der Waals surface area contributed by atoms with E-state index in [1.165, 1.54) is 12.3 Å². The number of hydrogen-bond acceptors (Lipinski definition) is 4. The van der Waals surface area contributed by atoms with Crippen LogP contribution in [0.3, 0.4) is 0 Å². The zero-order valence-corrected chi connectivity index (χ0v) is 10.7. The van der Waals surface area contributed by atoms with Crippen LogP contribution in [0, 0.1) is 0 Å². The first-order chi connectivity index (χ1) is 8.28. The van der Waals surface area contributed by atoms with Gasteiger partial charge >= 0.3 is 5.97 Å². The summed E-state index contributed by atoms with van der Waals surface area (Å²) in [5.41, 5.74) is 0.200. The summed E-state index contributed by atoms with van der Waals surface area (Å²) in [6.45, 7) is 5.75. The molecular weight excluding hydrogens is 234 g/mol. The van der Waals surface area contributed by atoms with Gasteiger partial charge in [0.1, 0.15) is 5.69 Å². The Morgan fingerprint density at radius 3 is 2.61 bits per heavy atom. The Labute approximate surface area is 105 Å². The molecule has 18 heavy (non-hydrogen) atoms. The summed E-state index contributed by atoms with van der Waals surface area (Å²) >= 11 is 0. The highest BCUT2D eigenvalue weighted by atomic mass is 16.4. The van der Waals surface area contributed by atoms with Crippen molar-refractivity contribution in [2.45, 2.75) is 26.3 Å². The average Bonchev–Trinajstić information content (AvgIpc) is 2.24. The van der Waals surface area contributed by atoms with Crippen molar-refractivity contribution in [2.24, 2.45) is 0 Å². The third-order valence-corrected chi connectivity index (χ3v) is 1.95. The van der Waals surface area contributed by atoms with Crippen LogP contribution in [-0.2, 0) is 4.79 Å². The van der Waals surface area contributed by atoms with Crippen molar-refractivity contribution in [2.75, 3.05) is 11.9 Å². The van der Waals surface area contributed by atoms with E-state index < -0.39 is 5.97 Å². The van der Waals surface area contributed by atoms with Crippen LogP contribution in [0.25, 0.3) is 0 Å². The Morgan fingerprint density at radius 2 is 2.06 bits per heavy atom. The predicted octanol–water partition coefficient (Wildman–Crippen LogP) is 1.11. The van der Waals surface area contributed by atoms with Crippen molar-refractivity contribution in [1.82, 2.24) is 10.3 Å². The van der Waals surface area contributed by atoms with E-state index in [4.69, 9.17) is 5.11 Å². The molecule has 0 aromatic carbocycles. The monoisotopic (exact) mass is 251 g/mol. The molecule has 3 N–H and O–H groups in total. The minimum Gasteiger partial charge on any atom is -0.477 e. The van der Waals surface area contributed by atoms with Crippen LogP contribution in [0.15, 0.2) is 18.3 Å². The van der Waals surface area contributed by atoms with Gasteiger partial charge in [-0.05, 0) is 32.9 Å². The van der Waals surface area contributed by atoms with Gasteiger partial charge in [0.05, 0.1) is 6.54 Å². The molecule has 0 unspecified atom stereocenters. The van der Waals surface area contributed by atoms with Crippen molar-refractivity contribution < 1.29 is 14.7 Å². The number of carboxylic acids is 1. The minimum atomic E-state index is -1.10. The topological polar surface area (TPSA) is 91.3 Å². The molecule has 1 aromatic heterocycles. The first kappa shape index (κ1) is 14.0. The summed E-state index contributed by atoms with van der Waals surface area (Å²) in [7, 11) is 0. The normalized spacial score (nSPS) is 10.8. The van der Waals surface area contributed by atoms with E-state index in [1.807, 2.05) is 20.8 Å². The number of pyridine rings is 1. The predicted molar refractivity (Wildman–Crippen MR) is 67.6 cm³/mol. The molecule has 1 heterocycles. The largest absolute Gasteiger partial charge is 0.477 e. The third-order valence-electron chi connectivity index (χ3n) is 1.95. The Kier molecular flexibility index (Phi) is 4.25. The molecule has 0 atom stereocenters. The first-order valence-corrected chi connectivity index (χ1v) is 5.52. The molecule has 0 bridgehead atoms. The number of hydrogen-bond donors (Lipinski definition) is 3. The Balaban J connectivity index is 2.56. The summed E-state index contributed by atoms with van der Waals surface area (Å²) < 4.78 is 0. The zero-order valence-electron chi connectivity index (χ0n) is 10.7. The molecule has 0 aliphatic carbocycles. The highest BCUT2D eigenvalue weighted by molar-refractivity contribution is 5.87. The molecule has 0 saturated heterocycles. The van der Waals surface area contributed by atoms with E-state index >= 15 is 0 Å². The number of carbonyl (C=O) groups excluding carboxylic acids is 1. The van der Waals surface area contributed by atoms with E-state index in [-0.39, 0.29) is 23.7 Å². The summed E-state index contributed by atoms with van der Waals surface area (Å²) in [6.07, 6.45) is 1.38. The fraction of sp³-hybridized carbons (Fsp3) is 0.417. The zero-order chi connectivity index (χ0) is 13.8. The Hall–Kier alpha value is -2.11. The van der Waals surface area contributed by atoms with Gasteiger partial charge in [-0.3, -0.25) is 4.79 Å². The Bertz CT molecular complexity index is 452. The lowest BCUT2D eigenvalue weighted by Gasteiger charge is -2.20. The quantitative estimate of drug-likeness (QED) is 0.745. The third kappa shape index (κ3) is 4.82. The van der Waals surface area contributed by atoms with E-state index in [9.17, 15) is 9.59 Å². The number of aromatic nitrogens is 1. The molecule has 1 aromatic rings. The maximum atomic E-state index is 11.5. The molecular formula is C12H17N3O3. The molecule has 1 rings (SSSR count). The lowest BCUT2D eigenvalue weighted by Crippen LogP contribution is -2.43. The molecule has 98 valence electrons. The fourth-order valence-electron chi connectivity index (χ4n) is 1.30. The van der Waals surface area contributed by atoms with Crippen LogP contribution < -0.4 is 10.6 Å². The average molecular weight is 251 g/mol. The second-order valence-electron chi connectivity index (χ2n) is 4.89. The molecule has 6 heteroatoms. The summed E-state index contributed by atoms with van der Waals surface area (Å²) in [4.78, 5) is 25.9. The maximum Gasteiger partial charge on any atom is 0.354 e. The van der Waals surface area contributed by atoms with Crippen molar-refractivity contribution in [1.29, 1.82) is 0 Å². The molecule has 0 fully saturated rings. The fourth-order valence-corrected chi connectivity index (χ4v) is 1.30. The maximum absolute atomic E-state index is 11.5. The van der Waals surface area contributed by atoms with Gasteiger partial charge in [0, 0.05) is 17.4 Å². The van der Waals surface area contributed by atoms with Crippen LogP contribution in [0.4, 0.5) is 5.69 Å². The molecule has 0 radical (unpaired) electrons. The SMILES string of the molecule is CC(C)(C)NC(=O)CNc1ccnc(C(=O)O)c1. The minimum absolute atomic E-state index is 0.0590. The van der Waals surface area contributed by atoms with Gasteiger partial charge in [-0.15, -0.1) is 0 Å². The first-order valence-electron chi connectivity index (χ1n) is 5.52. The highest BCUT2D eigenvalue weighted by Crippen LogP contribution is 2.07. The molecule has 0 spiro atoms. The van der Waals surface area contributed by atoms with E-state index in [0.717, 1.165) is 0 Å². The van der Waals surface area contributed by atoms with E-state index in [1.54, 1.807) is 6.07 Å².